The van der Waals surface area contributed by atoms with Crippen molar-refractivity contribution in [3.05, 3.63) is 35.9 Å². The van der Waals surface area contributed by atoms with Crippen LogP contribution in [0.3, 0.4) is 0 Å². The number of hydrogen-bond donors (Lipinski definition) is 1. The van der Waals surface area contributed by atoms with Crippen molar-refractivity contribution in [2.75, 3.05) is 6.54 Å². The molecule has 2 saturated heterocycles. The molecule has 3 nitrogen and oxygen atoms in total. The summed E-state index contributed by atoms with van der Waals surface area (Å²) in [5, 5.41) is 2.87. The van der Waals surface area contributed by atoms with E-state index in [2.05, 4.69) is 22.3 Å². The van der Waals surface area contributed by atoms with Crippen molar-refractivity contribution >= 4 is 5.91 Å². The van der Waals surface area contributed by atoms with Gasteiger partial charge in [-0.05, 0) is 5.56 Å². The molecule has 1 aliphatic carbocycles. The van der Waals surface area contributed by atoms with Crippen LogP contribution in [-0.2, 0) is 11.3 Å². The van der Waals surface area contributed by atoms with Gasteiger partial charge in [-0.25, -0.2) is 4.39 Å². The zero-order valence-electron chi connectivity index (χ0n) is 10.3. The molecule has 18 heavy (non-hydrogen) atoms. The van der Waals surface area contributed by atoms with Gasteiger partial charge >= 0.3 is 0 Å². The summed E-state index contributed by atoms with van der Waals surface area (Å²) in [4.78, 5) is 13.2. The van der Waals surface area contributed by atoms with E-state index in [1.165, 1.54) is 12.5 Å². The maximum atomic E-state index is 13.8. The van der Waals surface area contributed by atoms with Crippen molar-refractivity contribution in [2.45, 2.75) is 31.7 Å². The molecule has 0 aromatic heterocycles. The number of carbonyl (C=O) groups excluding carboxylic acids is 1. The van der Waals surface area contributed by atoms with Crippen LogP contribution in [0.5, 0.6) is 0 Å². The number of rotatable bonds is 3. The van der Waals surface area contributed by atoms with Crippen LogP contribution in [0.1, 0.15) is 12.5 Å². The Kier molecular flexibility index (Phi) is 2.82. The molecular formula is C14H17FN2O. The van der Waals surface area contributed by atoms with Crippen LogP contribution in [0.25, 0.3) is 0 Å². The van der Waals surface area contributed by atoms with E-state index in [9.17, 15) is 9.18 Å². The van der Waals surface area contributed by atoms with Gasteiger partial charge in [0.05, 0.1) is 12.1 Å². The van der Waals surface area contributed by atoms with E-state index in [1.54, 1.807) is 0 Å². The first-order valence-electron chi connectivity index (χ1n) is 6.36. The van der Waals surface area contributed by atoms with E-state index in [0.717, 1.165) is 13.1 Å². The van der Waals surface area contributed by atoms with Crippen LogP contribution in [0.4, 0.5) is 4.39 Å². The number of amides is 1. The van der Waals surface area contributed by atoms with E-state index >= 15 is 0 Å². The monoisotopic (exact) mass is 248 g/mol. The molecule has 0 unspecified atom stereocenters. The summed E-state index contributed by atoms with van der Waals surface area (Å²) >= 11 is 0. The van der Waals surface area contributed by atoms with Gasteiger partial charge in [0.15, 0.2) is 0 Å². The predicted octanol–water partition coefficient (Wildman–Crippen LogP) is 1.34. The molecule has 0 radical (unpaired) electrons. The number of fused-ring (bicyclic) bond motifs is 1. The number of carbonyl (C=O) groups is 1. The first-order valence-corrected chi connectivity index (χ1v) is 6.36. The molecule has 1 saturated carbocycles. The molecule has 0 spiro atoms. The molecule has 2 bridgehead atoms. The maximum absolute atomic E-state index is 13.8. The Balaban J connectivity index is 1.68. The zero-order chi connectivity index (χ0) is 12.7. The molecule has 1 aromatic rings. The first kappa shape index (κ1) is 11.7. The van der Waals surface area contributed by atoms with Crippen LogP contribution in [0.2, 0.25) is 0 Å². The normalized spacial score (nSPS) is 34.1. The lowest BCUT2D eigenvalue weighted by molar-refractivity contribution is -0.121. The molecule has 96 valence electrons. The summed E-state index contributed by atoms with van der Waals surface area (Å²) in [6.45, 7) is 3.00. The second-order valence-electron chi connectivity index (χ2n) is 5.24. The average molecular weight is 248 g/mol. The third-order valence-corrected chi connectivity index (χ3v) is 4.03. The molecule has 4 heteroatoms. The van der Waals surface area contributed by atoms with Gasteiger partial charge in [-0.2, -0.15) is 0 Å². The Morgan fingerprint density at radius 2 is 2.17 bits per heavy atom. The number of benzene rings is 1. The number of nitrogens with one attached hydrogen (secondary N) is 1. The van der Waals surface area contributed by atoms with Gasteiger partial charge in [0, 0.05) is 25.9 Å². The lowest BCUT2D eigenvalue weighted by Crippen LogP contribution is -2.61. The third-order valence-electron chi connectivity index (χ3n) is 4.03. The van der Waals surface area contributed by atoms with Crippen molar-refractivity contribution in [3.8, 4) is 0 Å². The summed E-state index contributed by atoms with van der Waals surface area (Å²) < 4.78 is 13.8. The molecule has 3 fully saturated rings. The topological polar surface area (TPSA) is 32.3 Å². The summed E-state index contributed by atoms with van der Waals surface area (Å²) in [6, 6.07) is 9.93. The quantitative estimate of drug-likeness (QED) is 0.875. The number of hydrogen-bond acceptors (Lipinski definition) is 2. The van der Waals surface area contributed by atoms with Crippen molar-refractivity contribution in [1.82, 2.24) is 10.2 Å². The van der Waals surface area contributed by atoms with Crippen molar-refractivity contribution in [3.63, 3.8) is 0 Å². The smallest absolute Gasteiger partial charge is 0.217 e. The Morgan fingerprint density at radius 1 is 1.44 bits per heavy atom. The second-order valence-corrected chi connectivity index (χ2v) is 5.24. The van der Waals surface area contributed by atoms with Crippen molar-refractivity contribution in [1.29, 1.82) is 0 Å². The highest BCUT2D eigenvalue weighted by molar-refractivity contribution is 5.73. The van der Waals surface area contributed by atoms with E-state index in [-0.39, 0.29) is 23.9 Å². The molecule has 1 aromatic carbocycles. The number of alkyl halides is 1. The van der Waals surface area contributed by atoms with Crippen LogP contribution < -0.4 is 5.32 Å². The van der Waals surface area contributed by atoms with Crippen LogP contribution >= 0.6 is 0 Å². The molecule has 2 aliphatic heterocycles. The molecule has 2 heterocycles. The third kappa shape index (κ3) is 1.81. The highest BCUT2D eigenvalue weighted by Gasteiger charge is 2.60. The van der Waals surface area contributed by atoms with E-state index < -0.39 is 6.17 Å². The van der Waals surface area contributed by atoms with Gasteiger partial charge < -0.3 is 5.32 Å². The number of nitrogens with zero attached hydrogens (tertiary/aromatic N) is 1. The minimum Gasteiger partial charge on any atom is -0.351 e. The standard InChI is InChI=1S/C14H17FN2O/c1-9(18)16-13-11-8-17(14(13)12(11)15)7-10-5-3-2-4-6-10/h2-6,11-14H,7-8H2,1H3,(H,16,18)/t11-,12-,13+,14+/m0/s1. The predicted molar refractivity (Wildman–Crippen MR) is 66.6 cm³/mol. The Labute approximate surface area is 106 Å². The maximum Gasteiger partial charge on any atom is 0.217 e. The highest BCUT2D eigenvalue weighted by atomic mass is 19.1. The van der Waals surface area contributed by atoms with Gasteiger partial charge in [0.1, 0.15) is 6.17 Å². The highest BCUT2D eigenvalue weighted by Crippen LogP contribution is 2.44. The van der Waals surface area contributed by atoms with Crippen LogP contribution in [0, 0.1) is 5.92 Å². The average Bonchev–Trinajstić information content (AvgIpc) is 2.85. The summed E-state index contributed by atoms with van der Waals surface area (Å²) in [6.07, 6.45) is -0.787. The van der Waals surface area contributed by atoms with Gasteiger partial charge in [0.25, 0.3) is 0 Å². The van der Waals surface area contributed by atoms with Gasteiger partial charge in [-0.15, -0.1) is 0 Å². The Bertz CT molecular complexity index is 450. The van der Waals surface area contributed by atoms with Gasteiger partial charge in [-0.1, -0.05) is 30.3 Å². The minimum atomic E-state index is -0.787. The van der Waals surface area contributed by atoms with Crippen molar-refractivity contribution < 1.29 is 9.18 Å². The molecule has 1 N–H and O–H groups in total. The van der Waals surface area contributed by atoms with E-state index in [4.69, 9.17) is 0 Å². The lowest BCUT2D eigenvalue weighted by atomic mass is 9.78. The lowest BCUT2D eigenvalue weighted by Gasteiger charge is -2.40. The fourth-order valence-electron chi connectivity index (χ4n) is 3.21. The Morgan fingerprint density at radius 3 is 2.83 bits per heavy atom. The second kappa shape index (κ2) is 4.35. The van der Waals surface area contributed by atoms with Crippen LogP contribution in [0.15, 0.2) is 30.3 Å². The zero-order valence-corrected chi connectivity index (χ0v) is 10.3. The van der Waals surface area contributed by atoms with Crippen LogP contribution in [-0.4, -0.2) is 35.6 Å². The first-order chi connectivity index (χ1) is 8.66. The number of halogens is 1. The fourth-order valence-corrected chi connectivity index (χ4v) is 3.21. The summed E-state index contributed by atoms with van der Waals surface area (Å²) in [5.41, 5.74) is 1.19. The Hall–Kier alpha value is -1.42. The van der Waals surface area contributed by atoms with Gasteiger partial charge in [0.2, 0.25) is 5.91 Å². The SMILES string of the molecule is CC(=O)N[C@@H]1[C@H]2CN(Cc3ccccc3)[C@@H]1[C@H]2F. The largest absolute Gasteiger partial charge is 0.351 e. The molecular weight excluding hydrogens is 231 g/mol. The van der Waals surface area contributed by atoms with E-state index in [0.29, 0.717) is 0 Å². The van der Waals surface area contributed by atoms with Crippen molar-refractivity contribution in [2.24, 2.45) is 5.92 Å². The molecule has 3 aliphatic rings. The minimum absolute atomic E-state index is 0.00112. The molecule has 4 atom stereocenters. The molecule has 4 rings (SSSR count). The summed E-state index contributed by atoms with van der Waals surface area (Å²) in [7, 11) is 0. The van der Waals surface area contributed by atoms with E-state index in [1.807, 2.05) is 18.2 Å². The fraction of sp³-hybridized carbons (Fsp3) is 0.500. The molecule has 1 amide bonds. The summed E-state index contributed by atoms with van der Waals surface area (Å²) in [5.74, 6) is -0.0916. The van der Waals surface area contributed by atoms with Gasteiger partial charge in [-0.3, -0.25) is 9.69 Å².